The van der Waals surface area contributed by atoms with Crippen LogP contribution in [0.3, 0.4) is 0 Å². The number of ether oxygens (including phenoxy) is 1. The second kappa shape index (κ2) is 10.5. The van der Waals surface area contributed by atoms with Crippen LogP contribution in [0.5, 0.6) is 5.75 Å². The molecule has 11 nitrogen and oxygen atoms in total. The molecule has 2 aromatic heterocycles. The molecular weight excluding hydrogens is 516 g/mol. The minimum absolute atomic E-state index is 0.0813. The van der Waals surface area contributed by atoms with Crippen LogP contribution in [0.15, 0.2) is 36.7 Å². The van der Waals surface area contributed by atoms with Gasteiger partial charge in [0.05, 0.1) is 35.2 Å². The van der Waals surface area contributed by atoms with E-state index in [2.05, 4.69) is 20.4 Å². The molecule has 1 aromatic carbocycles. The Bertz CT molecular complexity index is 1470. The van der Waals surface area contributed by atoms with Gasteiger partial charge in [0.25, 0.3) is 0 Å². The van der Waals surface area contributed by atoms with Crippen molar-refractivity contribution in [2.24, 2.45) is 0 Å². The van der Waals surface area contributed by atoms with Crippen LogP contribution in [0.25, 0.3) is 16.7 Å². The Morgan fingerprint density at radius 2 is 1.97 bits per heavy atom. The van der Waals surface area contributed by atoms with Crippen molar-refractivity contribution in [1.29, 1.82) is 0 Å². The molecule has 2 aliphatic rings. The van der Waals surface area contributed by atoms with E-state index in [4.69, 9.17) is 4.74 Å². The van der Waals surface area contributed by atoms with Gasteiger partial charge in [-0.3, -0.25) is 0 Å². The molecule has 0 amide bonds. The second-order valence-corrected chi connectivity index (χ2v) is 14.0. The third kappa shape index (κ3) is 6.04. The molecule has 37 heavy (non-hydrogen) atoms. The van der Waals surface area contributed by atoms with Crippen LogP contribution in [0, 0.1) is 0 Å². The molecule has 1 aliphatic heterocycles. The first kappa shape index (κ1) is 25.9. The monoisotopic (exact) mass is 548 g/mol. The number of aromatic nitrogens is 4. The van der Waals surface area contributed by atoms with Gasteiger partial charge in [-0.1, -0.05) is 6.07 Å². The third-order valence-electron chi connectivity index (χ3n) is 6.92. The summed E-state index contributed by atoms with van der Waals surface area (Å²) < 4.78 is 56.5. The summed E-state index contributed by atoms with van der Waals surface area (Å²) in [5.41, 5.74) is 0.817. The smallest absolute Gasteiger partial charge is 0.224 e. The number of anilines is 1. The van der Waals surface area contributed by atoms with Crippen molar-refractivity contribution in [1.82, 2.24) is 24.1 Å². The Morgan fingerprint density at radius 1 is 1.16 bits per heavy atom. The van der Waals surface area contributed by atoms with Crippen LogP contribution in [-0.4, -0.2) is 83.9 Å². The molecule has 0 atom stereocenters. The lowest BCUT2D eigenvalue weighted by Crippen LogP contribution is -2.41. The minimum Gasteiger partial charge on any atom is -0.493 e. The Morgan fingerprint density at radius 3 is 2.70 bits per heavy atom. The zero-order valence-electron chi connectivity index (χ0n) is 20.8. The molecule has 0 spiro atoms. The third-order valence-corrected chi connectivity index (χ3v) is 9.95. The fourth-order valence-corrected chi connectivity index (χ4v) is 7.58. The Hall–Kier alpha value is -2.77. The predicted molar refractivity (Wildman–Crippen MR) is 141 cm³/mol. The van der Waals surface area contributed by atoms with Crippen molar-refractivity contribution < 1.29 is 21.6 Å². The number of benzene rings is 1. The summed E-state index contributed by atoms with van der Waals surface area (Å²) in [4.78, 5) is 9.06. The standard InChI is InChI=1S/C24H32N6O5S2/c1-36(31,32)15-4-14-35-22-6-2-5-21-20(22)17-26-30(21)23-11-12-25-24(28-23)27-18-7-9-19(10-8-18)29-13-3-16-37(29,33)34/h2,5-6,11-12,17-19H,3-4,7-10,13-16H2,1H3,(H,25,27,28)/t18-,19-. The molecule has 2 fully saturated rings. The van der Waals surface area contributed by atoms with Crippen molar-refractivity contribution >= 4 is 36.7 Å². The molecule has 3 aromatic rings. The lowest BCUT2D eigenvalue weighted by atomic mass is 9.91. The van der Waals surface area contributed by atoms with Crippen LogP contribution in [0.4, 0.5) is 5.95 Å². The van der Waals surface area contributed by atoms with Crippen LogP contribution >= 0.6 is 0 Å². The quantitative estimate of drug-likeness (QED) is 0.400. The first-order valence-corrected chi connectivity index (χ1v) is 16.2. The first-order valence-electron chi connectivity index (χ1n) is 12.6. The van der Waals surface area contributed by atoms with Crippen molar-refractivity contribution in [2.75, 3.05) is 36.2 Å². The number of nitrogens with zero attached hydrogens (tertiary/aromatic N) is 5. The summed E-state index contributed by atoms with van der Waals surface area (Å²) in [6, 6.07) is 7.69. The molecule has 1 aliphatic carbocycles. The molecule has 1 saturated heterocycles. The number of rotatable bonds is 9. The van der Waals surface area contributed by atoms with E-state index in [1.807, 2.05) is 18.2 Å². The normalized spacial score (nSPS) is 22.3. The average molecular weight is 549 g/mol. The number of hydrogen-bond donors (Lipinski definition) is 1. The number of fused-ring (bicyclic) bond motifs is 1. The van der Waals surface area contributed by atoms with Gasteiger partial charge in [0.1, 0.15) is 15.6 Å². The van der Waals surface area contributed by atoms with E-state index < -0.39 is 19.9 Å². The van der Waals surface area contributed by atoms with Crippen LogP contribution < -0.4 is 10.1 Å². The fourth-order valence-electron chi connectivity index (χ4n) is 5.13. The summed E-state index contributed by atoms with van der Waals surface area (Å²) in [5, 5.41) is 8.74. The summed E-state index contributed by atoms with van der Waals surface area (Å²) in [7, 11) is -6.10. The highest BCUT2D eigenvalue weighted by molar-refractivity contribution is 7.90. The van der Waals surface area contributed by atoms with Gasteiger partial charge in [-0.05, 0) is 50.7 Å². The van der Waals surface area contributed by atoms with E-state index in [0.717, 1.165) is 43.0 Å². The zero-order chi connectivity index (χ0) is 26.0. The Labute approximate surface area is 217 Å². The van der Waals surface area contributed by atoms with E-state index in [9.17, 15) is 16.8 Å². The zero-order valence-corrected chi connectivity index (χ0v) is 22.4. The van der Waals surface area contributed by atoms with Gasteiger partial charge in [-0.15, -0.1) is 0 Å². The SMILES string of the molecule is CS(=O)(=O)CCCOc1cccc2c1cnn2-c1ccnc(N[C@H]2CC[C@H](N3CCCS3(=O)=O)CC2)n1. The van der Waals surface area contributed by atoms with Gasteiger partial charge in [-0.2, -0.15) is 14.4 Å². The number of sulfonamides is 1. The van der Waals surface area contributed by atoms with Crippen LogP contribution in [0.1, 0.15) is 38.5 Å². The minimum atomic E-state index is -3.08. The highest BCUT2D eigenvalue weighted by atomic mass is 32.2. The van der Waals surface area contributed by atoms with Gasteiger partial charge in [-0.25, -0.2) is 26.5 Å². The van der Waals surface area contributed by atoms with Gasteiger partial charge in [0.15, 0.2) is 5.82 Å². The number of hydrogen-bond acceptors (Lipinski definition) is 9. The van der Waals surface area contributed by atoms with Gasteiger partial charge in [0.2, 0.25) is 16.0 Å². The molecule has 5 rings (SSSR count). The van der Waals surface area contributed by atoms with Crippen LogP contribution in [0.2, 0.25) is 0 Å². The molecular formula is C24H32N6O5S2. The highest BCUT2D eigenvalue weighted by Crippen LogP contribution is 2.30. The summed E-state index contributed by atoms with van der Waals surface area (Å²) in [6.07, 6.45) is 9.12. The number of nitrogens with one attached hydrogen (secondary N) is 1. The molecule has 13 heteroatoms. The van der Waals surface area contributed by atoms with E-state index in [1.54, 1.807) is 27.4 Å². The van der Waals surface area contributed by atoms with Gasteiger partial charge >= 0.3 is 0 Å². The molecule has 1 saturated carbocycles. The van der Waals surface area contributed by atoms with Gasteiger partial charge < -0.3 is 10.1 Å². The van der Waals surface area contributed by atoms with E-state index in [1.165, 1.54) is 6.26 Å². The maximum absolute atomic E-state index is 12.3. The molecule has 0 radical (unpaired) electrons. The summed E-state index contributed by atoms with van der Waals surface area (Å²) in [6.45, 7) is 0.937. The summed E-state index contributed by atoms with van der Waals surface area (Å²) in [5.74, 6) is 2.11. The fraction of sp³-hybridized carbons (Fsp3) is 0.542. The van der Waals surface area contributed by atoms with Crippen molar-refractivity contribution in [3.05, 3.63) is 36.7 Å². The molecule has 0 bridgehead atoms. The Balaban J connectivity index is 1.24. The largest absolute Gasteiger partial charge is 0.493 e. The molecule has 0 unspecified atom stereocenters. The highest BCUT2D eigenvalue weighted by Gasteiger charge is 2.36. The maximum Gasteiger partial charge on any atom is 0.224 e. The lowest BCUT2D eigenvalue weighted by Gasteiger charge is -2.33. The van der Waals surface area contributed by atoms with Crippen molar-refractivity contribution in [3.63, 3.8) is 0 Å². The van der Waals surface area contributed by atoms with Crippen LogP contribution in [-0.2, 0) is 19.9 Å². The predicted octanol–water partition coefficient (Wildman–Crippen LogP) is 2.39. The molecule has 200 valence electrons. The van der Waals surface area contributed by atoms with E-state index >= 15 is 0 Å². The molecule has 1 N–H and O–H groups in total. The Kier molecular flexibility index (Phi) is 7.37. The first-order chi connectivity index (χ1) is 17.7. The molecule has 3 heterocycles. The van der Waals surface area contributed by atoms with E-state index in [0.29, 0.717) is 37.1 Å². The number of sulfone groups is 1. The van der Waals surface area contributed by atoms with E-state index in [-0.39, 0.29) is 23.6 Å². The lowest BCUT2D eigenvalue weighted by molar-refractivity contribution is 0.257. The van der Waals surface area contributed by atoms with Crippen molar-refractivity contribution in [2.45, 2.75) is 50.6 Å². The topological polar surface area (TPSA) is 136 Å². The van der Waals surface area contributed by atoms with Crippen molar-refractivity contribution in [3.8, 4) is 11.6 Å². The second-order valence-electron chi connectivity index (χ2n) is 9.75. The maximum atomic E-state index is 12.3. The van der Waals surface area contributed by atoms with Gasteiger partial charge in [0, 0.05) is 37.1 Å². The summed E-state index contributed by atoms with van der Waals surface area (Å²) >= 11 is 0. The average Bonchev–Trinajstić information content (AvgIpc) is 3.45.